The normalized spacial score (nSPS) is 18.7. The fourth-order valence-corrected chi connectivity index (χ4v) is 0.906. The Morgan fingerprint density at radius 3 is 3.07 bits per heavy atom. The summed E-state index contributed by atoms with van der Waals surface area (Å²) in [5, 5.41) is 0. The Morgan fingerprint density at radius 1 is 1.53 bits per heavy atom. The number of hydrogen-bond acceptors (Lipinski definition) is 1. The molecule has 0 saturated heterocycles. The summed E-state index contributed by atoms with van der Waals surface area (Å²) in [7, 11) is 0. The molecule has 80 valence electrons. The maximum absolute atomic E-state index is 7.74. The first kappa shape index (κ1) is 6.61. The summed E-state index contributed by atoms with van der Waals surface area (Å²) >= 11 is 0. The monoisotopic (exact) mass is 208 g/mol. The molecule has 4 heteroatoms. The van der Waals surface area contributed by atoms with Crippen LogP contribution >= 0.6 is 0 Å². The topological polar surface area (TPSA) is 76.8 Å². The number of benzene rings is 1. The molecular weight excluding hydrogens is 188 g/mol. The summed E-state index contributed by atoms with van der Waals surface area (Å²) < 4.78 is 30.4. The minimum Gasteiger partial charge on any atom is -0.387 e. The molecular formula is C11H16N4. The molecule has 1 aromatic carbocycles. The van der Waals surface area contributed by atoms with E-state index in [1.54, 1.807) is 6.92 Å². The molecule has 1 unspecified atom stereocenters. The maximum Gasteiger partial charge on any atom is 0.216 e. The van der Waals surface area contributed by atoms with Crippen LogP contribution in [0.1, 0.15) is 18.0 Å². The molecule has 0 saturated carbocycles. The van der Waals surface area contributed by atoms with E-state index in [4.69, 9.17) is 17.0 Å². The number of nitrogens with zero attached hydrogens (tertiary/aromatic N) is 2. The molecule has 0 heterocycles. The van der Waals surface area contributed by atoms with Gasteiger partial charge in [0.05, 0.1) is 11.3 Å². The lowest BCUT2D eigenvalue weighted by molar-refractivity contribution is 0.962. The van der Waals surface area contributed by atoms with Crippen LogP contribution in [-0.2, 0) is 6.42 Å². The fourth-order valence-electron chi connectivity index (χ4n) is 0.906. The average Bonchev–Trinajstić information content (AvgIpc) is 2.23. The zero-order chi connectivity index (χ0) is 14.6. The van der Waals surface area contributed by atoms with Crippen molar-refractivity contribution in [3.63, 3.8) is 0 Å². The first-order valence-corrected chi connectivity index (χ1v) is 4.42. The van der Waals surface area contributed by atoms with E-state index in [1.807, 2.05) is 0 Å². The van der Waals surface area contributed by atoms with E-state index in [9.17, 15) is 0 Å². The van der Waals surface area contributed by atoms with Crippen molar-refractivity contribution in [2.24, 2.45) is 21.5 Å². The Balaban J connectivity index is 2.89. The highest BCUT2D eigenvalue weighted by molar-refractivity contribution is 5.93. The molecule has 4 nitrogen and oxygen atoms in total. The van der Waals surface area contributed by atoms with Crippen molar-refractivity contribution in [3.05, 3.63) is 35.8 Å². The van der Waals surface area contributed by atoms with Gasteiger partial charge in [-0.3, -0.25) is 4.99 Å². The van der Waals surface area contributed by atoms with Gasteiger partial charge < -0.3 is 11.5 Å². The minimum atomic E-state index is -0.951. The van der Waals surface area contributed by atoms with Gasteiger partial charge in [0.2, 0.25) is 5.96 Å². The zero-order valence-electron chi connectivity index (χ0n) is 12.5. The van der Waals surface area contributed by atoms with Crippen molar-refractivity contribution in [1.29, 1.82) is 0 Å². The lowest BCUT2D eigenvalue weighted by Crippen LogP contribution is -2.16. The highest BCUT2D eigenvalue weighted by atomic mass is 15.1. The first-order chi connectivity index (χ1) is 8.79. The molecule has 0 spiro atoms. The maximum atomic E-state index is 7.74. The average molecular weight is 208 g/mol. The van der Waals surface area contributed by atoms with Crippen LogP contribution in [0.3, 0.4) is 0 Å². The first-order valence-electron chi connectivity index (χ1n) is 6.50. The van der Waals surface area contributed by atoms with E-state index in [1.165, 1.54) is 12.1 Å². The van der Waals surface area contributed by atoms with Gasteiger partial charge >= 0.3 is 0 Å². The SMILES string of the molecule is [2H]c1cc([2H])c([2H])c(CC([2H])N=C(N)N=C(C)N)c1. The van der Waals surface area contributed by atoms with E-state index in [-0.39, 0.29) is 36.3 Å². The predicted octanol–water partition coefficient (Wildman–Crippen LogP) is 0.921. The third-order valence-corrected chi connectivity index (χ3v) is 1.47. The number of aliphatic imine (C=N–C) groups is 2. The summed E-state index contributed by atoms with van der Waals surface area (Å²) in [6, 6.07) is 2.83. The Bertz CT molecular complexity index is 524. The standard InChI is InChI=1S/C11H16N4/c1-9(12)15-11(13)14-8-7-10-5-3-2-4-6-10/h2-6H,7-8H2,1H3,(H4,12,13,14,15)/i3D,4D,5D,8D. The van der Waals surface area contributed by atoms with Gasteiger partial charge in [-0.1, -0.05) is 30.3 Å². The molecule has 0 radical (unpaired) electrons. The molecule has 0 amide bonds. The Labute approximate surface area is 95.3 Å². The van der Waals surface area contributed by atoms with Crippen LogP contribution in [0.4, 0.5) is 0 Å². The van der Waals surface area contributed by atoms with Crippen LogP contribution in [0.15, 0.2) is 40.2 Å². The third-order valence-electron chi connectivity index (χ3n) is 1.47. The van der Waals surface area contributed by atoms with Crippen LogP contribution in [-0.4, -0.2) is 18.3 Å². The Hall–Kier alpha value is -1.84. The molecule has 1 rings (SSSR count). The number of nitrogens with two attached hydrogens (primary N) is 2. The van der Waals surface area contributed by atoms with Crippen LogP contribution in [0.5, 0.6) is 0 Å². The van der Waals surface area contributed by atoms with Gasteiger partial charge in [0, 0.05) is 6.52 Å². The molecule has 0 aliphatic carbocycles. The third kappa shape index (κ3) is 4.81. The van der Waals surface area contributed by atoms with Crippen molar-refractivity contribution < 1.29 is 5.48 Å². The van der Waals surface area contributed by atoms with Crippen molar-refractivity contribution in [3.8, 4) is 0 Å². The van der Waals surface area contributed by atoms with Gasteiger partial charge in [0.15, 0.2) is 0 Å². The van der Waals surface area contributed by atoms with Crippen molar-refractivity contribution in [2.75, 3.05) is 6.52 Å². The summed E-state index contributed by atoms with van der Waals surface area (Å²) in [5.41, 5.74) is 11.2. The highest BCUT2D eigenvalue weighted by Gasteiger charge is 1.91. The Morgan fingerprint density at radius 2 is 2.33 bits per heavy atom. The van der Waals surface area contributed by atoms with Crippen molar-refractivity contribution in [2.45, 2.75) is 13.3 Å². The van der Waals surface area contributed by atoms with Crippen molar-refractivity contribution in [1.82, 2.24) is 0 Å². The minimum absolute atomic E-state index is 0.000489. The molecule has 1 aromatic rings. The van der Waals surface area contributed by atoms with Gasteiger partial charge in [0.25, 0.3) is 0 Å². The Kier molecular flexibility index (Phi) is 2.55. The summed E-state index contributed by atoms with van der Waals surface area (Å²) in [6.45, 7) is 0.604. The van der Waals surface area contributed by atoms with E-state index in [0.29, 0.717) is 5.56 Å². The number of amidine groups is 1. The van der Waals surface area contributed by atoms with Gasteiger partial charge in [-0.25, -0.2) is 4.99 Å². The van der Waals surface area contributed by atoms with Gasteiger partial charge in [-0.05, 0) is 18.9 Å². The van der Waals surface area contributed by atoms with Gasteiger partial charge in [-0.15, -0.1) is 0 Å². The second-order valence-corrected chi connectivity index (χ2v) is 2.88. The fraction of sp³-hybridized carbons (Fsp3) is 0.273. The van der Waals surface area contributed by atoms with E-state index in [0.717, 1.165) is 0 Å². The molecule has 0 bridgehead atoms. The van der Waals surface area contributed by atoms with Crippen molar-refractivity contribution >= 4 is 11.8 Å². The van der Waals surface area contributed by atoms with Crippen LogP contribution in [0, 0.1) is 0 Å². The largest absolute Gasteiger partial charge is 0.387 e. The second-order valence-electron chi connectivity index (χ2n) is 2.88. The number of aryl methyl sites for hydroxylation is 1. The molecule has 1 atom stereocenters. The van der Waals surface area contributed by atoms with Crippen LogP contribution in [0.25, 0.3) is 0 Å². The molecule has 0 aliphatic heterocycles. The van der Waals surface area contributed by atoms with E-state index in [2.05, 4.69) is 9.98 Å². The lowest BCUT2D eigenvalue weighted by atomic mass is 10.2. The number of rotatable bonds is 3. The van der Waals surface area contributed by atoms with E-state index < -0.39 is 6.52 Å². The molecule has 15 heavy (non-hydrogen) atoms. The quantitative estimate of drug-likeness (QED) is 0.572. The number of guanidine groups is 1. The van der Waals surface area contributed by atoms with Crippen LogP contribution in [0.2, 0.25) is 0 Å². The van der Waals surface area contributed by atoms with E-state index >= 15 is 0 Å². The summed E-state index contributed by atoms with van der Waals surface area (Å²) in [4.78, 5) is 7.50. The molecule has 0 fully saturated rings. The second kappa shape index (κ2) is 5.80. The molecule has 4 N–H and O–H groups in total. The number of hydrogen-bond donors (Lipinski definition) is 2. The van der Waals surface area contributed by atoms with Gasteiger partial charge in [-0.2, -0.15) is 0 Å². The smallest absolute Gasteiger partial charge is 0.216 e. The summed E-state index contributed by atoms with van der Waals surface area (Å²) in [5.74, 6) is 0.149. The van der Waals surface area contributed by atoms with Gasteiger partial charge in [0.1, 0.15) is 0 Å². The van der Waals surface area contributed by atoms with Crippen LogP contribution < -0.4 is 11.5 Å². The molecule has 0 aliphatic rings. The lowest BCUT2D eigenvalue weighted by Gasteiger charge is -1.97. The highest BCUT2D eigenvalue weighted by Crippen LogP contribution is 1.99. The summed E-state index contributed by atoms with van der Waals surface area (Å²) in [6.07, 6.45) is 0.0945. The zero-order valence-corrected chi connectivity index (χ0v) is 8.49. The molecule has 0 aromatic heterocycles. The predicted molar refractivity (Wildman–Crippen MR) is 63.9 cm³/mol.